The number of rotatable bonds is 3. The molecule has 0 spiro atoms. The summed E-state index contributed by atoms with van der Waals surface area (Å²) in [4.78, 5) is 11.4. The Morgan fingerprint density at radius 1 is 1.24 bits per heavy atom. The Balaban J connectivity index is 2.55. The van der Waals surface area contributed by atoms with Crippen LogP contribution in [-0.4, -0.2) is 47.6 Å². The third-order valence-electron chi connectivity index (χ3n) is 3.69. The number of carbonyl (C=O) groups is 1. The summed E-state index contributed by atoms with van der Waals surface area (Å²) in [7, 11) is -3.95. The van der Waals surface area contributed by atoms with Crippen LogP contribution in [0.25, 0.3) is 0 Å². The Bertz CT molecular complexity index is 660. The molecule has 1 fully saturated rings. The summed E-state index contributed by atoms with van der Waals surface area (Å²) in [6.07, 6.45) is -1.04. The van der Waals surface area contributed by atoms with E-state index in [2.05, 4.69) is 0 Å². The van der Waals surface area contributed by atoms with Gasteiger partial charge in [-0.2, -0.15) is 4.31 Å². The van der Waals surface area contributed by atoms with Crippen molar-refractivity contribution in [3.05, 3.63) is 28.8 Å². The normalized spacial score (nSPS) is 23.4. The largest absolute Gasteiger partial charge is 0.480 e. The molecule has 1 aliphatic rings. The topological polar surface area (TPSA) is 94.9 Å². The highest BCUT2D eigenvalue weighted by Crippen LogP contribution is 2.30. The van der Waals surface area contributed by atoms with Crippen molar-refractivity contribution in [3.63, 3.8) is 0 Å². The number of β-amino-alcohol motifs (C(OH)–C–C–N with tert-alkyl or cyclic N) is 1. The number of aliphatic carboxylic acids is 1. The minimum atomic E-state index is -3.95. The van der Waals surface area contributed by atoms with Crippen molar-refractivity contribution in [3.8, 4) is 0 Å². The van der Waals surface area contributed by atoms with Crippen LogP contribution in [0, 0.1) is 20.8 Å². The molecule has 21 heavy (non-hydrogen) atoms. The molecule has 0 amide bonds. The number of hydrogen-bond acceptors (Lipinski definition) is 4. The number of benzene rings is 1. The molecule has 2 atom stereocenters. The van der Waals surface area contributed by atoms with Gasteiger partial charge < -0.3 is 10.2 Å². The maximum atomic E-state index is 12.8. The first kappa shape index (κ1) is 15.9. The van der Waals surface area contributed by atoms with E-state index in [1.165, 1.54) is 0 Å². The Morgan fingerprint density at radius 2 is 1.76 bits per heavy atom. The molecule has 1 aromatic rings. The molecule has 2 rings (SSSR count). The van der Waals surface area contributed by atoms with Crippen LogP contribution in [-0.2, 0) is 14.8 Å². The Labute approximate surface area is 124 Å². The molecule has 1 saturated heterocycles. The van der Waals surface area contributed by atoms with Gasteiger partial charge in [0, 0.05) is 13.0 Å². The van der Waals surface area contributed by atoms with Crippen LogP contribution in [0.3, 0.4) is 0 Å². The minimum Gasteiger partial charge on any atom is -0.480 e. The van der Waals surface area contributed by atoms with Crippen molar-refractivity contribution in [1.29, 1.82) is 0 Å². The SMILES string of the molecule is Cc1cc(C)c(S(=O)(=O)N2C[C@@H](O)C[C@@H]2C(=O)O)c(C)c1. The van der Waals surface area contributed by atoms with E-state index in [9.17, 15) is 23.4 Å². The first-order valence-corrected chi connectivity index (χ1v) is 8.09. The first-order chi connectivity index (χ1) is 9.64. The van der Waals surface area contributed by atoms with Crippen LogP contribution in [0.15, 0.2) is 17.0 Å². The number of sulfonamides is 1. The molecule has 1 aromatic carbocycles. The quantitative estimate of drug-likeness (QED) is 0.861. The second-order valence-electron chi connectivity index (χ2n) is 5.55. The fraction of sp³-hybridized carbons (Fsp3) is 0.500. The van der Waals surface area contributed by atoms with Crippen molar-refractivity contribution in [2.45, 2.75) is 44.2 Å². The molecule has 0 radical (unpaired) electrons. The summed E-state index contributed by atoms with van der Waals surface area (Å²) in [5.41, 5.74) is 2.11. The van der Waals surface area contributed by atoms with Gasteiger partial charge >= 0.3 is 5.97 Å². The van der Waals surface area contributed by atoms with Gasteiger partial charge in [0.2, 0.25) is 10.0 Å². The zero-order valence-electron chi connectivity index (χ0n) is 12.2. The van der Waals surface area contributed by atoms with Crippen molar-refractivity contribution in [1.82, 2.24) is 4.31 Å². The monoisotopic (exact) mass is 313 g/mol. The molecular weight excluding hydrogens is 294 g/mol. The average Bonchev–Trinajstić information content (AvgIpc) is 2.70. The number of aliphatic hydroxyl groups excluding tert-OH is 1. The number of aryl methyl sites for hydroxylation is 3. The van der Waals surface area contributed by atoms with E-state index in [1.807, 2.05) is 6.92 Å². The molecule has 7 heteroatoms. The van der Waals surface area contributed by atoms with E-state index in [0.29, 0.717) is 11.1 Å². The van der Waals surface area contributed by atoms with Crippen LogP contribution in [0.5, 0.6) is 0 Å². The summed E-state index contributed by atoms with van der Waals surface area (Å²) < 4.78 is 26.5. The lowest BCUT2D eigenvalue weighted by Gasteiger charge is -2.23. The maximum Gasteiger partial charge on any atom is 0.322 e. The van der Waals surface area contributed by atoms with Crippen molar-refractivity contribution >= 4 is 16.0 Å². The lowest BCUT2D eigenvalue weighted by molar-refractivity contribution is -0.140. The predicted molar refractivity (Wildman–Crippen MR) is 76.6 cm³/mol. The Hall–Kier alpha value is -1.44. The average molecular weight is 313 g/mol. The summed E-state index contributed by atoms with van der Waals surface area (Å²) >= 11 is 0. The fourth-order valence-corrected chi connectivity index (χ4v) is 5.01. The van der Waals surface area contributed by atoms with Gasteiger partial charge in [0.05, 0.1) is 11.0 Å². The maximum absolute atomic E-state index is 12.8. The van der Waals surface area contributed by atoms with Gasteiger partial charge in [0.1, 0.15) is 6.04 Å². The third kappa shape index (κ3) is 2.81. The highest BCUT2D eigenvalue weighted by atomic mass is 32.2. The second-order valence-corrected chi connectivity index (χ2v) is 7.37. The number of carboxylic acids is 1. The second kappa shape index (κ2) is 5.40. The zero-order chi connectivity index (χ0) is 15.9. The van der Waals surface area contributed by atoms with E-state index in [0.717, 1.165) is 9.87 Å². The predicted octanol–water partition coefficient (Wildman–Crippen LogP) is 0.820. The van der Waals surface area contributed by atoms with Gasteiger partial charge in [-0.3, -0.25) is 4.79 Å². The summed E-state index contributed by atoms with van der Waals surface area (Å²) in [6.45, 7) is 5.06. The van der Waals surface area contributed by atoms with Crippen LogP contribution < -0.4 is 0 Å². The smallest absolute Gasteiger partial charge is 0.322 e. The van der Waals surface area contributed by atoms with Gasteiger partial charge in [-0.05, 0) is 31.9 Å². The number of nitrogens with zero attached hydrogens (tertiary/aromatic N) is 1. The highest BCUT2D eigenvalue weighted by molar-refractivity contribution is 7.89. The molecule has 6 nitrogen and oxygen atoms in total. The minimum absolute atomic E-state index is 0.0848. The molecule has 0 saturated carbocycles. The van der Waals surface area contributed by atoms with Gasteiger partial charge in [-0.25, -0.2) is 8.42 Å². The number of hydrogen-bond donors (Lipinski definition) is 2. The number of aliphatic hydroxyl groups is 1. The van der Waals surface area contributed by atoms with E-state index in [-0.39, 0.29) is 17.9 Å². The van der Waals surface area contributed by atoms with Gasteiger partial charge in [-0.15, -0.1) is 0 Å². The molecule has 0 bridgehead atoms. The van der Waals surface area contributed by atoms with Crippen molar-refractivity contribution in [2.75, 3.05) is 6.54 Å². The third-order valence-corrected chi connectivity index (χ3v) is 5.87. The first-order valence-electron chi connectivity index (χ1n) is 6.65. The van der Waals surface area contributed by atoms with Gasteiger partial charge in [-0.1, -0.05) is 17.7 Å². The van der Waals surface area contributed by atoms with Crippen LogP contribution in [0.4, 0.5) is 0 Å². The fourth-order valence-electron chi connectivity index (χ4n) is 2.97. The van der Waals surface area contributed by atoms with E-state index in [4.69, 9.17) is 0 Å². The van der Waals surface area contributed by atoms with Gasteiger partial charge in [0.15, 0.2) is 0 Å². The van der Waals surface area contributed by atoms with Crippen LogP contribution >= 0.6 is 0 Å². The van der Waals surface area contributed by atoms with Gasteiger partial charge in [0.25, 0.3) is 0 Å². The Kier molecular flexibility index (Phi) is 4.10. The lowest BCUT2D eigenvalue weighted by atomic mass is 10.1. The number of carboxylic acid groups (broad SMARTS) is 1. The summed E-state index contributed by atoms with van der Waals surface area (Å²) in [6, 6.07) is 2.29. The molecule has 0 aromatic heterocycles. The van der Waals surface area contributed by atoms with Crippen LogP contribution in [0.2, 0.25) is 0 Å². The molecule has 1 aliphatic heterocycles. The Morgan fingerprint density at radius 3 is 2.24 bits per heavy atom. The van der Waals surface area contributed by atoms with E-state index in [1.54, 1.807) is 26.0 Å². The zero-order valence-corrected chi connectivity index (χ0v) is 13.0. The highest BCUT2D eigenvalue weighted by Gasteiger charge is 2.44. The summed E-state index contributed by atoms with van der Waals surface area (Å²) in [5.74, 6) is -1.24. The lowest BCUT2D eigenvalue weighted by Crippen LogP contribution is -2.41. The van der Waals surface area contributed by atoms with Crippen molar-refractivity contribution in [2.24, 2.45) is 0 Å². The standard InChI is InChI=1S/C14H19NO5S/c1-8-4-9(2)13(10(3)5-8)21(19,20)15-7-11(16)6-12(15)14(17)18/h4-5,11-12,16H,6-7H2,1-3H3,(H,17,18)/t11-,12+/m0/s1. The van der Waals surface area contributed by atoms with E-state index >= 15 is 0 Å². The molecule has 1 heterocycles. The van der Waals surface area contributed by atoms with E-state index < -0.39 is 28.1 Å². The molecule has 0 unspecified atom stereocenters. The molecular formula is C14H19NO5S. The molecule has 2 N–H and O–H groups in total. The van der Waals surface area contributed by atoms with Crippen molar-refractivity contribution < 1.29 is 23.4 Å². The van der Waals surface area contributed by atoms with Crippen LogP contribution in [0.1, 0.15) is 23.1 Å². The molecule has 116 valence electrons. The summed E-state index contributed by atoms with van der Waals surface area (Å²) in [5, 5.41) is 18.8. The molecule has 0 aliphatic carbocycles.